The normalized spacial score (nSPS) is 13.6. The highest BCUT2D eigenvalue weighted by Gasteiger charge is 2.35. The van der Waals surface area contributed by atoms with Gasteiger partial charge in [0.25, 0.3) is 27.7 Å². The molecule has 0 aromatic heterocycles. The van der Waals surface area contributed by atoms with Crippen molar-refractivity contribution in [2.24, 2.45) is 0 Å². The van der Waals surface area contributed by atoms with E-state index >= 15 is 0 Å². The van der Waals surface area contributed by atoms with Gasteiger partial charge in [-0.3, -0.25) is 19.3 Å². The van der Waals surface area contributed by atoms with Crippen LogP contribution in [0.2, 0.25) is 0 Å². The number of carbonyl (C=O) groups excluding carboxylic acids is 3. The Bertz CT molecular complexity index is 1420. The molecule has 0 fully saturated rings. The smallest absolute Gasteiger partial charge is 0.274 e. The maximum Gasteiger partial charge on any atom is 0.279 e. The largest absolute Gasteiger partial charge is 0.279 e. The predicted octanol–water partition coefficient (Wildman–Crippen LogP) is 4.52. The Morgan fingerprint density at radius 2 is 1.44 bits per heavy atom. The molecular weight excluding hydrogens is 500 g/mol. The van der Waals surface area contributed by atoms with Crippen molar-refractivity contribution in [3.05, 3.63) is 112 Å². The van der Waals surface area contributed by atoms with Crippen molar-refractivity contribution in [1.82, 2.24) is 9.21 Å². The van der Waals surface area contributed by atoms with E-state index in [2.05, 4.69) is 0 Å². The predicted molar refractivity (Wildman–Crippen MR) is 136 cm³/mol. The Morgan fingerprint density at radius 1 is 0.889 bits per heavy atom. The second-order valence-corrected chi connectivity index (χ2v) is 10.5. The van der Waals surface area contributed by atoms with Gasteiger partial charge in [0.05, 0.1) is 22.6 Å². The van der Waals surface area contributed by atoms with Gasteiger partial charge in [0.15, 0.2) is 0 Å². The summed E-state index contributed by atoms with van der Waals surface area (Å²) in [4.78, 5) is 39.4. The first kappa shape index (κ1) is 25.3. The molecule has 0 unspecified atom stereocenters. The van der Waals surface area contributed by atoms with E-state index in [1.165, 1.54) is 18.2 Å². The number of nitrogens with zero attached hydrogens (tertiary/aromatic N) is 2. The first-order valence-corrected chi connectivity index (χ1v) is 13.0. The van der Waals surface area contributed by atoms with Crippen LogP contribution in [0, 0.1) is 6.92 Å². The zero-order chi connectivity index (χ0) is 25.9. The third-order valence-electron chi connectivity index (χ3n) is 5.76. The van der Waals surface area contributed by atoms with Crippen LogP contribution in [0.15, 0.2) is 94.9 Å². The summed E-state index contributed by atoms with van der Waals surface area (Å²) in [5.74, 6) is -1.73. The lowest BCUT2D eigenvalue weighted by Crippen LogP contribution is -2.36. The monoisotopic (exact) mass is 522 g/mol. The summed E-state index contributed by atoms with van der Waals surface area (Å²) < 4.78 is 27.6. The minimum absolute atomic E-state index is 0.000750. The Labute approximate surface area is 214 Å². The van der Waals surface area contributed by atoms with Crippen LogP contribution in [0.25, 0.3) is 0 Å². The van der Waals surface area contributed by atoms with Crippen LogP contribution in [-0.4, -0.2) is 41.9 Å². The molecule has 0 radical (unpaired) electrons. The highest BCUT2D eigenvalue weighted by Crippen LogP contribution is 2.25. The molecule has 1 aliphatic rings. The standard InChI is InChI=1S/C27H23ClN2O5S/c1-19-13-15-21(16-14-19)36(34,35)30(18-20-8-3-2-4-9-20)27(33)24(28)12-7-17-29-25(31)22-10-5-6-11-23(22)26(29)32/h2-6,8-16H,7,17-18H2,1H3/b24-12-. The number of hydrogen-bond donors (Lipinski definition) is 0. The number of benzene rings is 3. The van der Waals surface area contributed by atoms with Gasteiger partial charge in [-0.1, -0.05) is 77.8 Å². The number of hydrogen-bond acceptors (Lipinski definition) is 5. The van der Waals surface area contributed by atoms with Gasteiger partial charge in [0.1, 0.15) is 5.03 Å². The Morgan fingerprint density at radius 3 is 2.03 bits per heavy atom. The van der Waals surface area contributed by atoms with E-state index in [9.17, 15) is 22.8 Å². The average molecular weight is 523 g/mol. The van der Waals surface area contributed by atoms with E-state index < -0.39 is 27.7 Å². The molecule has 0 bridgehead atoms. The van der Waals surface area contributed by atoms with Crippen LogP contribution in [0.1, 0.15) is 38.3 Å². The molecule has 7 nitrogen and oxygen atoms in total. The number of amides is 3. The van der Waals surface area contributed by atoms with Crippen LogP contribution in [-0.2, 0) is 21.4 Å². The number of rotatable bonds is 8. The van der Waals surface area contributed by atoms with Gasteiger partial charge < -0.3 is 0 Å². The molecule has 3 amide bonds. The van der Waals surface area contributed by atoms with Crippen LogP contribution in [0.4, 0.5) is 0 Å². The van der Waals surface area contributed by atoms with Crippen LogP contribution in [0.3, 0.4) is 0 Å². The molecule has 9 heteroatoms. The van der Waals surface area contributed by atoms with E-state index in [0.29, 0.717) is 16.7 Å². The summed E-state index contributed by atoms with van der Waals surface area (Å²) in [7, 11) is -4.21. The molecular formula is C27H23ClN2O5S. The fraction of sp³-hybridized carbons (Fsp3) is 0.148. The maximum atomic E-state index is 13.4. The van der Waals surface area contributed by atoms with E-state index in [1.807, 2.05) is 6.92 Å². The molecule has 4 rings (SSSR count). The van der Waals surface area contributed by atoms with Crippen molar-refractivity contribution >= 4 is 39.3 Å². The SMILES string of the molecule is Cc1ccc(S(=O)(=O)N(Cc2ccccc2)C(=O)/C(Cl)=C/CCN2C(=O)c3ccccc3C2=O)cc1. The van der Waals surface area contributed by atoms with Crippen molar-refractivity contribution in [2.45, 2.75) is 24.8 Å². The zero-order valence-electron chi connectivity index (χ0n) is 19.4. The van der Waals surface area contributed by atoms with E-state index in [0.717, 1.165) is 14.8 Å². The number of carbonyl (C=O) groups is 3. The van der Waals surface area contributed by atoms with Gasteiger partial charge in [-0.15, -0.1) is 0 Å². The van der Waals surface area contributed by atoms with E-state index in [-0.39, 0.29) is 29.4 Å². The molecule has 0 N–H and O–H groups in total. The minimum atomic E-state index is -4.21. The summed E-state index contributed by atoms with van der Waals surface area (Å²) >= 11 is 6.28. The lowest BCUT2D eigenvalue weighted by Gasteiger charge is -2.23. The van der Waals surface area contributed by atoms with Crippen molar-refractivity contribution in [3.63, 3.8) is 0 Å². The minimum Gasteiger partial charge on any atom is -0.274 e. The summed E-state index contributed by atoms with van der Waals surface area (Å²) in [6.07, 6.45) is 1.41. The van der Waals surface area contributed by atoms with Crippen LogP contribution in [0.5, 0.6) is 0 Å². The highest BCUT2D eigenvalue weighted by atomic mass is 35.5. The van der Waals surface area contributed by atoms with Gasteiger partial charge in [0, 0.05) is 6.54 Å². The summed E-state index contributed by atoms with van der Waals surface area (Å²) in [5, 5.41) is -0.321. The highest BCUT2D eigenvalue weighted by molar-refractivity contribution is 7.89. The molecule has 36 heavy (non-hydrogen) atoms. The summed E-state index contributed by atoms with van der Waals surface area (Å²) in [6, 6.07) is 21.4. The first-order chi connectivity index (χ1) is 17.2. The Kier molecular flexibility index (Phi) is 7.37. The van der Waals surface area contributed by atoms with Gasteiger partial charge in [0.2, 0.25) is 0 Å². The maximum absolute atomic E-state index is 13.4. The number of sulfonamides is 1. The number of imide groups is 1. The molecule has 3 aromatic rings. The number of fused-ring (bicyclic) bond motifs is 1. The second-order valence-electron chi connectivity index (χ2n) is 8.26. The molecule has 1 heterocycles. The van der Waals surface area contributed by atoms with Gasteiger partial charge >= 0.3 is 0 Å². The Hall–Kier alpha value is -3.75. The molecule has 3 aromatic carbocycles. The average Bonchev–Trinajstić information content (AvgIpc) is 3.12. The Balaban J connectivity index is 1.55. The molecule has 184 valence electrons. The van der Waals surface area contributed by atoms with Gasteiger partial charge in [-0.05, 0) is 43.2 Å². The first-order valence-electron chi connectivity index (χ1n) is 11.2. The zero-order valence-corrected chi connectivity index (χ0v) is 21.0. The molecule has 0 saturated heterocycles. The third-order valence-corrected chi connectivity index (χ3v) is 7.82. The summed E-state index contributed by atoms with van der Waals surface area (Å²) in [6.45, 7) is 1.62. The second kappa shape index (κ2) is 10.5. The molecule has 0 aliphatic carbocycles. The fourth-order valence-electron chi connectivity index (χ4n) is 3.82. The van der Waals surface area contributed by atoms with E-state index in [1.54, 1.807) is 66.7 Å². The molecule has 1 aliphatic heterocycles. The van der Waals surface area contributed by atoms with Gasteiger partial charge in [-0.2, -0.15) is 0 Å². The summed E-state index contributed by atoms with van der Waals surface area (Å²) in [5.41, 5.74) is 2.14. The van der Waals surface area contributed by atoms with Gasteiger partial charge in [-0.25, -0.2) is 12.7 Å². The van der Waals surface area contributed by atoms with Crippen molar-refractivity contribution < 1.29 is 22.8 Å². The molecule has 0 spiro atoms. The van der Waals surface area contributed by atoms with Crippen LogP contribution >= 0.6 is 11.6 Å². The number of aryl methyl sites for hydroxylation is 1. The van der Waals surface area contributed by atoms with E-state index in [4.69, 9.17) is 11.6 Å². The topological polar surface area (TPSA) is 91.8 Å². The van der Waals surface area contributed by atoms with Crippen molar-refractivity contribution in [3.8, 4) is 0 Å². The third kappa shape index (κ3) is 5.10. The molecule has 0 atom stereocenters. The quantitative estimate of drug-likeness (QED) is 0.320. The van der Waals surface area contributed by atoms with Crippen molar-refractivity contribution in [1.29, 1.82) is 0 Å². The lowest BCUT2D eigenvalue weighted by molar-refractivity contribution is -0.122. The lowest BCUT2D eigenvalue weighted by atomic mass is 10.1. The number of halogens is 1. The van der Waals surface area contributed by atoms with Crippen molar-refractivity contribution in [2.75, 3.05) is 6.54 Å². The van der Waals surface area contributed by atoms with Crippen LogP contribution < -0.4 is 0 Å². The molecule has 0 saturated carbocycles. The fourth-order valence-corrected chi connectivity index (χ4v) is 5.45.